The van der Waals surface area contributed by atoms with Gasteiger partial charge < -0.3 is 5.32 Å². The quantitative estimate of drug-likeness (QED) is 0.600. The fourth-order valence-electron chi connectivity index (χ4n) is 2.23. The van der Waals surface area contributed by atoms with E-state index in [2.05, 4.69) is 35.6 Å². The van der Waals surface area contributed by atoms with E-state index in [4.69, 9.17) is 11.6 Å². The Labute approximate surface area is 135 Å². The Bertz CT molecular complexity index is 975. The summed E-state index contributed by atoms with van der Waals surface area (Å²) in [6, 6.07) is 3.77. The average molecular weight is 327 g/mol. The molecule has 0 fully saturated rings. The standard InChI is InChI=1S/C14H11ClN8/c1-23-14(20-13(22-23)8-4-16-7-17-5-8)19-11-3-2-10-9(12(11)15)6-18-21-10/h2-7H,1H3,(H,18,21)(H,19,20,22). The van der Waals surface area contributed by atoms with Gasteiger partial charge in [0.1, 0.15) is 6.33 Å². The minimum absolute atomic E-state index is 0.538. The molecule has 0 spiro atoms. The average Bonchev–Trinajstić information content (AvgIpc) is 3.19. The molecule has 0 atom stereocenters. The maximum atomic E-state index is 6.41. The zero-order valence-corrected chi connectivity index (χ0v) is 12.8. The molecule has 0 bridgehead atoms. The highest BCUT2D eigenvalue weighted by Gasteiger charge is 2.13. The van der Waals surface area contributed by atoms with Crippen molar-refractivity contribution < 1.29 is 0 Å². The zero-order valence-electron chi connectivity index (χ0n) is 12.0. The number of rotatable bonds is 3. The van der Waals surface area contributed by atoms with Crippen LogP contribution in [0.5, 0.6) is 0 Å². The first-order chi connectivity index (χ1) is 11.2. The monoisotopic (exact) mass is 326 g/mol. The van der Waals surface area contributed by atoms with Crippen LogP contribution in [0, 0.1) is 0 Å². The van der Waals surface area contributed by atoms with Crippen molar-refractivity contribution in [3.8, 4) is 11.4 Å². The number of aryl methyl sites for hydroxylation is 1. The Morgan fingerprint density at radius 1 is 1.17 bits per heavy atom. The topological polar surface area (TPSA) is 97.2 Å². The van der Waals surface area contributed by atoms with E-state index in [9.17, 15) is 0 Å². The van der Waals surface area contributed by atoms with Crippen LogP contribution >= 0.6 is 11.6 Å². The normalized spacial score (nSPS) is 11.0. The lowest BCUT2D eigenvalue weighted by atomic mass is 10.2. The minimum atomic E-state index is 0.538. The summed E-state index contributed by atoms with van der Waals surface area (Å²) in [5, 5.41) is 15.8. The molecular formula is C14H11ClN8. The van der Waals surface area contributed by atoms with Crippen molar-refractivity contribution in [2.24, 2.45) is 7.05 Å². The number of anilines is 2. The van der Waals surface area contributed by atoms with E-state index in [1.165, 1.54) is 6.33 Å². The lowest BCUT2D eigenvalue weighted by Gasteiger charge is -2.07. The second-order valence-corrected chi connectivity index (χ2v) is 5.27. The number of aromatic nitrogens is 7. The van der Waals surface area contributed by atoms with Crippen LogP contribution in [-0.4, -0.2) is 34.9 Å². The van der Waals surface area contributed by atoms with E-state index in [1.54, 1.807) is 30.3 Å². The summed E-state index contributed by atoms with van der Waals surface area (Å²) < 4.78 is 1.64. The van der Waals surface area contributed by atoms with Crippen LogP contribution < -0.4 is 5.32 Å². The molecule has 0 saturated heterocycles. The van der Waals surface area contributed by atoms with Crippen molar-refractivity contribution in [2.45, 2.75) is 0 Å². The molecule has 0 amide bonds. The molecule has 4 aromatic rings. The molecule has 0 saturated carbocycles. The second kappa shape index (κ2) is 5.33. The van der Waals surface area contributed by atoms with Crippen molar-refractivity contribution in [1.29, 1.82) is 0 Å². The van der Waals surface area contributed by atoms with Gasteiger partial charge in [0.25, 0.3) is 0 Å². The molecule has 0 radical (unpaired) electrons. The molecule has 4 rings (SSSR count). The molecule has 0 aliphatic heterocycles. The molecule has 114 valence electrons. The molecule has 9 heteroatoms. The summed E-state index contributed by atoms with van der Waals surface area (Å²) in [6.45, 7) is 0. The Balaban J connectivity index is 1.71. The predicted octanol–water partition coefficient (Wildman–Crippen LogP) is 2.55. The summed E-state index contributed by atoms with van der Waals surface area (Å²) in [5.74, 6) is 1.10. The van der Waals surface area contributed by atoms with Crippen molar-refractivity contribution in [3.05, 3.63) is 42.1 Å². The summed E-state index contributed by atoms with van der Waals surface area (Å²) in [4.78, 5) is 12.4. The van der Waals surface area contributed by atoms with E-state index in [1.807, 2.05) is 12.1 Å². The summed E-state index contributed by atoms with van der Waals surface area (Å²) in [6.07, 6.45) is 6.48. The van der Waals surface area contributed by atoms with E-state index in [-0.39, 0.29) is 0 Å². The molecule has 0 aliphatic carbocycles. The highest BCUT2D eigenvalue weighted by molar-refractivity contribution is 6.38. The Hall–Kier alpha value is -3.00. The van der Waals surface area contributed by atoms with Crippen molar-refractivity contribution in [1.82, 2.24) is 34.9 Å². The fourth-order valence-corrected chi connectivity index (χ4v) is 2.49. The molecule has 1 aromatic carbocycles. The molecule has 8 nitrogen and oxygen atoms in total. The highest BCUT2D eigenvalue weighted by atomic mass is 35.5. The Kier molecular flexibility index (Phi) is 3.16. The third-order valence-corrected chi connectivity index (χ3v) is 3.79. The predicted molar refractivity (Wildman–Crippen MR) is 86.4 cm³/mol. The van der Waals surface area contributed by atoms with Gasteiger partial charge >= 0.3 is 0 Å². The molecule has 3 heterocycles. The number of nitrogens with one attached hydrogen (secondary N) is 2. The summed E-state index contributed by atoms with van der Waals surface area (Å²) >= 11 is 6.41. The van der Waals surface area contributed by atoms with Crippen LogP contribution in [0.3, 0.4) is 0 Å². The number of hydrogen-bond donors (Lipinski definition) is 2. The second-order valence-electron chi connectivity index (χ2n) is 4.89. The van der Waals surface area contributed by atoms with Crippen LogP contribution in [0.15, 0.2) is 37.1 Å². The van der Waals surface area contributed by atoms with E-state index >= 15 is 0 Å². The van der Waals surface area contributed by atoms with Crippen LogP contribution in [-0.2, 0) is 7.05 Å². The van der Waals surface area contributed by atoms with Crippen molar-refractivity contribution in [3.63, 3.8) is 0 Å². The van der Waals surface area contributed by atoms with Crippen molar-refractivity contribution >= 4 is 34.1 Å². The number of nitrogens with zero attached hydrogens (tertiary/aromatic N) is 6. The number of halogens is 1. The Morgan fingerprint density at radius 3 is 2.83 bits per heavy atom. The first-order valence-corrected chi connectivity index (χ1v) is 7.15. The first-order valence-electron chi connectivity index (χ1n) is 6.77. The summed E-state index contributed by atoms with van der Waals surface area (Å²) in [5.41, 5.74) is 2.35. The van der Waals surface area contributed by atoms with Gasteiger partial charge in [-0.2, -0.15) is 10.1 Å². The van der Waals surface area contributed by atoms with Gasteiger partial charge in [-0.3, -0.25) is 5.10 Å². The zero-order chi connectivity index (χ0) is 15.8. The van der Waals surface area contributed by atoms with Gasteiger partial charge in [-0.05, 0) is 12.1 Å². The lowest BCUT2D eigenvalue weighted by molar-refractivity contribution is 0.778. The number of H-pyrrole nitrogens is 1. The molecule has 23 heavy (non-hydrogen) atoms. The van der Waals surface area contributed by atoms with Crippen LogP contribution in [0.1, 0.15) is 0 Å². The van der Waals surface area contributed by atoms with Gasteiger partial charge in [0.15, 0.2) is 5.82 Å². The third kappa shape index (κ3) is 2.38. The highest BCUT2D eigenvalue weighted by Crippen LogP contribution is 2.31. The number of hydrogen-bond acceptors (Lipinski definition) is 6. The lowest BCUT2D eigenvalue weighted by Crippen LogP contribution is -2.00. The number of benzene rings is 1. The SMILES string of the molecule is Cn1nc(-c2cncnc2)nc1Nc1ccc2[nH]ncc2c1Cl. The van der Waals surface area contributed by atoms with Gasteiger partial charge in [-0.15, -0.1) is 5.10 Å². The number of aromatic amines is 1. The largest absolute Gasteiger partial charge is 0.323 e. The van der Waals surface area contributed by atoms with Crippen molar-refractivity contribution in [2.75, 3.05) is 5.32 Å². The first kappa shape index (κ1) is 13.6. The van der Waals surface area contributed by atoms with Gasteiger partial charge in [-0.1, -0.05) is 11.6 Å². The number of fused-ring (bicyclic) bond motifs is 1. The summed E-state index contributed by atoms with van der Waals surface area (Å²) in [7, 11) is 1.80. The van der Waals surface area contributed by atoms with Gasteiger partial charge in [0.2, 0.25) is 5.95 Å². The molecular weight excluding hydrogens is 316 g/mol. The molecule has 2 N–H and O–H groups in total. The van der Waals surface area contributed by atoms with Crippen LogP contribution in [0.2, 0.25) is 5.02 Å². The van der Waals surface area contributed by atoms with E-state index in [0.29, 0.717) is 16.8 Å². The minimum Gasteiger partial charge on any atom is -0.323 e. The molecule has 0 unspecified atom stereocenters. The van der Waals surface area contributed by atoms with Gasteiger partial charge in [0.05, 0.1) is 28.0 Å². The van der Waals surface area contributed by atoms with Crippen LogP contribution in [0.25, 0.3) is 22.3 Å². The maximum absolute atomic E-state index is 6.41. The maximum Gasteiger partial charge on any atom is 0.226 e. The Morgan fingerprint density at radius 2 is 2.00 bits per heavy atom. The molecule has 0 aliphatic rings. The van der Waals surface area contributed by atoms with Crippen LogP contribution in [0.4, 0.5) is 11.6 Å². The third-order valence-electron chi connectivity index (χ3n) is 3.39. The smallest absolute Gasteiger partial charge is 0.226 e. The van der Waals surface area contributed by atoms with E-state index in [0.717, 1.165) is 22.2 Å². The molecule has 3 aromatic heterocycles. The van der Waals surface area contributed by atoms with Gasteiger partial charge in [-0.25, -0.2) is 14.6 Å². The van der Waals surface area contributed by atoms with E-state index < -0.39 is 0 Å². The van der Waals surface area contributed by atoms with Gasteiger partial charge in [0, 0.05) is 24.8 Å². The fraction of sp³-hybridized carbons (Fsp3) is 0.0714.